The summed E-state index contributed by atoms with van der Waals surface area (Å²) in [4.78, 5) is 0. The van der Waals surface area contributed by atoms with Crippen LogP contribution in [-0.2, 0) is 24.1 Å². The minimum Gasteiger partial charge on any atom is -0.422 e. The van der Waals surface area contributed by atoms with Gasteiger partial charge in [0.2, 0.25) is 0 Å². The summed E-state index contributed by atoms with van der Waals surface area (Å²) in [7, 11) is 0. The summed E-state index contributed by atoms with van der Waals surface area (Å²) in [6, 6.07) is 16.8. The van der Waals surface area contributed by atoms with Crippen molar-refractivity contribution in [2.75, 3.05) is 0 Å². The molecule has 0 bridgehead atoms. The van der Waals surface area contributed by atoms with Gasteiger partial charge in [-0.2, -0.15) is 12.6 Å². The van der Waals surface area contributed by atoms with Crippen LogP contribution < -0.4 is 29.6 Å². The molecule has 112 valence electrons. The topological polar surface area (TPSA) is 0 Å². The zero-order valence-electron chi connectivity index (χ0n) is 13.2. The Hall–Kier alpha value is 0.450. The van der Waals surface area contributed by atoms with Crippen LogP contribution in [0.3, 0.4) is 0 Å². The molecule has 0 aliphatic carbocycles. The third-order valence-electron chi connectivity index (χ3n) is 2.78. The predicted octanol–water partition coefficient (Wildman–Crippen LogP) is 2.49. The van der Waals surface area contributed by atoms with Gasteiger partial charge in [0.1, 0.15) is 0 Å². The molecule has 2 aromatic rings. The van der Waals surface area contributed by atoms with Gasteiger partial charge in [-0.05, 0) is 25.0 Å². The maximum atomic E-state index is 4.80. The minimum absolute atomic E-state index is 0. The van der Waals surface area contributed by atoms with E-state index in [0.29, 0.717) is 3.53 Å². The van der Waals surface area contributed by atoms with E-state index in [9.17, 15) is 0 Å². The van der Waals surface area contributed by atoms with E-state index in [2.05, 4.69) is 75.0 Å². The molecular formula is C17H19NaS4. The third kappa shape index (κ3) is 10.3. The summed E-state index contributed by atoms with van der Waals surface area (Å²) in [5.41, 5.74) is 5.15. The molecule has 0 aliphatic heterocycles. The van der Waals surface area contributed by atoms with Crippen molar-refractivity contribution in [3.05, 3.63) is 70.8 Å². The molecule has 0 saturated heterocycles. The van der Waals surface area contributed by atoms with Gasteiger partial charge >= 0.3 is 29.6 Å². The molecule has 0 aliphatic rings. The predicted molar refractivity (Wildman–Crippen MR) is 106 cm³/mol. The van der Waals surface area contributed by atoms with Gasteiger partial charge < -0.3 is 24.8 Å². The molecule has 0 amide bonds. The second-order valence-corrected chi connectivity index (χ2v) is 7.56. The molecule has 0 N–H and O–H groups in total. The van der Waals surface area contributed by atoms with Crippen molar-refractivity contribution in [1.29, 1.82) is 0 Å². The van der Waals surface area contributed by atoms with E-state index in [1.165, 1.54) is 34.0 Å². The summed E-state index contributed by atoms with van der Waals surface area (Å²) < 4.78 is 0.593. The summed E-state index contributed by atoms with van der Waals surface area (Å²) in [6.45, 7) is 4.16. The Morgan fingerprint density at radius 2 is 1.36 bits per heavy atom. The van der Waals surface area contributed by atoms with Crippen molar-refractivity contribution in [3.8, 4) is 0 Å². The van der Waals surface area contributed by atoms with E-state index in [1.807, 2.05) is 0 Å². The van der Waals surface area contributed by atoms with Gasteiger partial charge in [-0.25, -0.2) is 0 Å². The van der Waals surface area contributed by atoms with Gasteiger partial charge in [0.05, 0.1) is 0 Å². The van der Waals surface area contributed by atoms with Crippen LogP contribution >= 0.6 is 36.6 Å². The average molecular weight is 375 g/mol. The number of hydrogen-bond acceptors (Lipinski definition) is 4. The van der Waals surface area contributed by atoms with Crippen molar-refractivity contribution in [2.45, 2.75) is 25.4 Å². The summed E-state index contributed by atoms with van der Waals surface area (Å²) >= 11 is 15.3. The van der Waals surface area contributed by atoms with E-state index in [4.69, 9.17) is 24.8 Å². The first-order chi connectivity index (χ1) is 10.0. The van der Waals surface area contributed by atoms with Crippen LogP contribution in [-0.4, -0.2) is 3.53 Å². The molecular weight excluding hydrogens is 355 g/mol. The third-order valence-corrected chi connectivity index (χ3v) is 4.57. The number of thiocarbonyl (C=S) groups is 1. The maximum absolute atomic E-state index is 4.80. The Labute approximate surface area is 177 Å². The van der Waals surface area contributed by atoms with Gasteiger partial charge in [0.15, 0.2) is 0 Å². The summed E-state index contributed by atoms with van der Waals surface area (Å²) in [5, 5.41) is 0. The molecule has 2 rings (SSSR count). The fourth-order valence-corrected chi connectivity index (χ4v) is 2.56. The SMILES string of the molecule is Cc1ccc(CS)cc1.Cc1ccc(CSC(=S)[S-])cc1.[Na+]. The molecule has 22 heavy (non-hydrogen) atoms. The molecule has 2 aromatic carbocycles. The van der Waals surface area contributed by atoms with Crippen LogP contribution in [0.25, 0.3) is 0 Å². The first-order valence-corrected chi connectivity index (χ1v) is 9.00. The normalized spacial score (nSPS) is 9.23. The van der Waals surface area contributed by atoms with Crippen molar-refractivity contribution >= 4 is 52.8 Å². The van der Waals surface area contributed by atoms with E-state index < -0.39 is 0 Å². The average Bonchev–Trinajstić information content (AvgIpc) is 2.48. The quantitative estimate of drug-likeness (QED) is 0.380. The number of thioether (sulfide) groups is 1. The van der Waals surface area contributed by atoms with Gasteiger partial charge in [0.25, 0.3) is 0 Å². The van der Waals surface area contributed by atoms with Crippen molar-refractivity contribution in [1.82, 2.24) is 0 Å². The van der Waals surface area contributed by atoms with Gasteiger partial charge in [0, 0.05) is 11.5 Å². The zero-order chi connectivity index (χ0) is 15.7. The first-order valence-electron chi connectivity index (χ1n) is 6.57. The maximum Gasteiger partial charge on any atom is 1.00 e. The summed E-state index contributed by atoms with van der Waals surface area (Å²) in [6.07, 6.45) is 0. The molecule has 5 heteroatoms. The molecule has 0 nitrogen and oxygen atoms in total. The van der Waals surface area contributed by atoms with Crippen molar-refractivity contribution < 1.29 is 29.6 Å². The Kier molecular flexibility index (Phi) is 13.1. The standard InChI is InChI=1S/C9H10S3.C8H10S.Na/c1-7-2-4-8(5-3-7)6-12-9(10)11;1-7-2-4-8(6-9)5-3-7;/h2-5H,6H2,1H3,(H,10,11);2-5,9H,6H2,1H3;/q;;+1/p-1. The van der Waals surface area contributed by atoms with Crippen molar-refractivity contribution in [2.24, 2.45) is 0 Å². The van der Waals surface area contributed by atoms with Crippen LogP contribution in [0.5, 0.6) is 0 Å². The molecule has 0 fully saturated rings. The molecule has 0 atom stereocenters. The van der Waals surface area contributed by atoms with E-state index in [-0.39, 0.29) is 29.6 Å². The van der Waals surface area contributed by atoms with E-state index in [0.717, 1.165) is 11.5 Å². The van der Waals surface area contributed by atoms with Gasteiger partial charge in [-0.15, -0.1) is 11.8 Å². The molecule has 0 spiro atoms. The monoisotopic (exact) mass is 374 g/mol. The van der Waals surface area contributed by atoms with Crippen LogP contribution in [0.4, 0.5) is 0 Å². The summed E-state index contributed by atoms with van der Waals surface area (Å²) in [5.74, 6) is 1.73. The fourth-order valence-electron chi connectivity index (χ4n) is 1.52. The van der Waals surface area contributed by atoms with Crippen LogP contribution in [0, 0.1) is 13.8 Å². The second kappa shape index (κ2) is 12.8. The van der Waals surface area contributed by atoms with E-state index >= 15 is 0 Å². The Bertz CT molecular complexity index is 550. The molecule has 0 radical (unpaired) electrons. The Morgan fingerprint density at radius 3 is 1.73 bits per heavy atom. The van der Waals surface area contributed by atoms with Crippen LogP contribution in [0.15, 0.2) is 48.5 Å². The minimum atomic E-state index is 0. The molecule has 0 saturated carbocycles. The molecule has 0 unspecified atom stereocenters. The number of aryl methyl sites for hydroxylation is 2. The first kappa shape index (κ1) is 22.4. The van der Waals surface area contributed by atoms with Gasteiger partial charge in [-0.1, -0.05) is 63.2 Å². The fraction of sp³-hybridized carbons (Fsp3) is 0.235. The van der Waals surface area contributed by atoms with Gasteiger partial charge in [-0.3, -0.25) is 0 Å². The smallest absolute Gasteiger partial charge is 0.422 e. The van der Waals surface area contributed by atoms with Crippen LogP contribution in [0.1, 0.15) is 22.3 Å². The van der Waals surface area contributed by atoms with Crippen LogP contribution in [0.2, 0.25) is 0 Å². The number of thiol groups is 1. The zero-order valence-corrected chi connectivity index (χ0v) is 18.5. The van der Waals surface area contributed by atoms with Crippen molar-refractivity contribution in [3.63, 3.8) is 0 Å². The van der Waals surface area contributed by atoms with E-state index in [1.54, 1.807) is 0 Å². The largest absolute Gasteiger partial charge is 1.00 e. The Balaban J connectivity index is 0.000000397. The molecule has 0 aromatic heterocycles. The second-order valence-electron chi connectivity index (χ2n) is 4.67. The number of hydrogen-bond donors (Lipinski definition) is 1. The number of benzene rings is 2. The molecule has 0 heterocycles. The number of rotatable bonds is 3. The Morgan fingerprint density at radius 1 is 0.955 bits per heavy atom.